The summed E-state index contributed by atoms with van der Waals surface area (Å²) in [6, 6.07) is 0. The van der Waals surface area contributed by atoms with Crippen molar-refractivity contribution in [2.24, 2.45) is 0 Å². The van der Waals surface area contributed by atoms with E-state index in [9.17, 15) is 4.79 Å². The third kappa shape index (κ3) is 6.22. The molecule has 0 aromatic heterocycles. The highest BCUT2D eigenvalue weighted by atomic mass is 16.5. The van der Waals surface area contributed by atoms with Crippen molar-refractivity contribution >= 4 is 5.91 Å². The van der Waals surface area contributed by atoms with Crippen molar-refractivity contribution in [2.45, 2.75) is 71.4 Å². The molecule has 2 rings (SSSR count). The maximum atomic E-state index is 12.8. The number of ether oxygens (including phenoxy) is 1. The van der Waals surface area contributed by atoms with Gasteiger partial charge in [-0.05, 0) is 53.9 Å². The van der Waals surface area contributed by atoms with Gasteiger partial charge in [-0.2, -0.15) is 0 Å². The third-order valence-electron chi connectivity index (χ3n) is 5.83. The van der Waals surface area contributed by atoms with Crippen molar-refractivity contribution in [1.82, 2.24) is 14.7 Å². The molecule has 25 heavy (non-hydrogen) atoms. The maximum absolute atomic E-state index is 12.8. The van der Waals surface area contributed by atoms with Crippen molar-refractivity contribution in [1.29, 1.82) is 0 Å². The minimum absolute atomic E-state index is 0.0622. The summed E-state index contributed by atoms with van der Waals surface area (Å²) in [7, 11) is 0. The van der Waals surface area contributed by atoms with Gasteiger partial charge in [-0.15, -0.1) is 0 Å². The fraction of sp³-hybridized carbons (Fsp3) is 0.950. The Morgan fingerprint density at radius 3 is 2.28 bits per heavy atom. The minimum Gasteiger partial charge on any atom is -0.380 e. The summed E-state index contributed by atoms with van der Waals surface area (Å²) in [5.74, 6) is 0.329. The van der Waals surface area contributed by atoms with E-state index in [0.717, 1.165) is 71.7 Å². The Hall–Kier alpha value is -0.650. The summed E-state index contributed by atoms with van der Waals surface area (Å²) in [6.07, 6.45) is 3.74. The van der Waals surface area contributed by atoms with Crippen LogP contribution in [0.15, 0.2) is 0 Å². The average molecular weight is 354 g/mol. The molecule has 5 nitrogen and oxygen atoms in total. The van der Waals surface area contributed by atoms with Gasteiger partial charge in [-0.1, -0.05) is 0 Å². The highest BCUT2D eigenvalue weighted by Crippen LogP contribution is 2.23. The lowest BCUT2D eigenvalue weighted by Gasteiger charge is -2.38. The molecular weight excluding hydrogens is 314 g/mol. The topological polar surface area (TPSA) is 36.0 Å². The van der Waals surface area contributed by atoms with Crippen LogP contribution >= 0.6 is 0 Å². The van der Waals surface area contributed by atoms with Crippen LogP contribution in [0.25, 0.3) is 0 Å². The zero-order valence-electron chi connectivity index (χ0n) is 17.1. The molecule has 5 heteroatoms. The summed E-state index contributed by atoms with van der Waals surface area (Å²) in [5.41, 5.74) is 0.253. The molecule has 1 amide bonds. The standard InChI is InChI=1S/C20H39N3O2/c1-19(2,3)22-11-6-10-21(13-14-22)18(24)8-9-20(4,5)23-12-7-16-25-17-15-23/h6-17H2,1-5H3. The first-order chi connectivity index (χ1) is 11.7. The van der Waals surface area contributed by atoms with Crippen molar-refractivity contribution in [3.63, 3.8) is 0 Å². The van der Waals surface area contributed by atoms with E-state index < -0.39 is 0 Å². The second kappa shape index (κ2) is 8.83. The van der Waals surface area contributed by atoms with Crippen LogP contribution in [0.1, 0.15) is 60.3 Å². The first kappa shape index (κ1) is 20.7. The monoisotopic (exact) mass is 353 g/mol. The second-order valence-electron chi connectivity index (χ2n) is 9.16. The van der Waals surface area contributed by atoms with Gasteiger partial charge in [0.2, 0.25) is 5.91 Å². The number of nitrogens with zero attached hydrogens (tertiary/aromatic N) is 3. The highest BCUT2D eigenvalue weighted by molar-refractivity contribution is 5.76. The number of carbonyl (C=O) groups is 1. The molecule has 2 saturated heterocycles. The van der Waals surface area contributed by atoms with Crippen LogP contribution < -0.4 is 0 Å². The Balaban J connectivity index is 1.82. The van der Waals surface area contributed by atoms with E-state index in [0.29, 0.717) is 12.3 Å². The molecule has 0 N–H and O–H groups in total. The van der Waals surface area contributed by atoms with Gasteiger partial charge in [0.05, 0.1) is 6.61 Å². The number of hydrogen-bond donors (Lipinski definition) is 0. The Bertz CT molecular complexity index is 423. The fourth-order valence-electron chi connectivity index (χ4n) is 3.92. The molecule has 0 aliphatic carbocycles. The van der Waals surface area contributed by atoms with Crippen molar-refractivity contribution in [3.05, 3.63) is 0 Å². The van der Waals surface area contributed by atoms with E-state index in [2.05, 4.69) is 49.3 Å². The lowest BCUT2D eigenvalue weighted by atomic mass is 9.95. The molecule has 0 spiro atoms. The zero-order valence-corrected chi connectivity index (χ0v) is 17.1. The van der Waals surface area contributed by atoms with Gasteiger partial charge in [-0.25, -0.2) is 0 Å². The Morgan fingerprint density at radius 1 is 0.840 bits per heavy atom. The first-order valence-electron chi connectivity index (χ1n) is 10.1. The maximum Gasteiger partial charge on any atom is 0.222 e. The molecule has 2 aliphatic heterocycles. The number of rotatable bonds is 4. The van der Waals surface area contributed by atoms with Gasteiger partial charge in [0, 0.05) is 63.4 Å². The summed E-state index contributed by atoms with van der Waals surface area (Å²) >= 11 is 0. The molecule has 0 bridgehead atoms. The Kier molecular flexibility index (Phi) is 7.29. The largest absolute Gasteiger partial charge is 0.380 e. The Morgan fingerprint density at radius 2 is 1.56 bits per heavy atom. The summed E-state index contributed by atoms with van der Waals surface area (Å²) < 4.78 is 5.57. The molecule has 146 valence electrons. The van der Waals surface area contributed by atoms with Gasteiger partial charge >= 0.3 is 0 Å². The van der Waals surface area contributed by atoms with Gasteiger partial charge < -0.3 is 9.64 Å². The molecule has 2 aliphatic rings. The first-order valence-corrected chi connectivity index (χ1v) is 10.1. The number of hydrogen-bond acceptors (Lipinski definition) is 4. The molecule has 0 aromatic rings. The number of carbonyl (C=O) groups excluding carboxylic acids is 1. The van der Waals surface area contributed by atoms with E-state index in [4.69, 9.17) is 4.74 Å². The number of amides is 1. The molecule has 0 atom stereocenters. The predicted molar refractivity (Wildman–Crippen MR) is 103 cm³/mol. The smallest absolute Gasteiger partial charge is 0.222 e. The quantitative estimate of drug-likeness (QED) is 0.778. The summed E-state index contributed by atoms with van der Waals surface area (Å²) in [5, 5.41) is 0. The van der Waals surface area contributed by atoms with Crippen LogP contribution in [0.3, 0.4) is 0 Å². The van der Waals surface area contributed by atoms with Crippen molar-refractivity contribution in [2.75, 3.05) is 52.5 Å². The molecule has 0 saturated carbocycles. The van der Waals surface area contributed by atoms with Gasteiger partial charge in [0.15, 0.2) is 0 Å². The highest BCUT2D eigenvalue weighted by Gasteiger charge is 2.30. The van der Waals surface area contributed by atoms with E-state index in [1.165, 1.54) is 0 Å². The third-order valence-corrected chi connectivity index (χ3v) is 5.83. The average Bonchev–Trinajstić information content (AvgIpc) is 2.95. The van der Waals surface area contributed by atoms with Crippen LogP contribution in [0.5, 0.6) is 0 Å². The van der Waals surface area contributed by atoms with Gasteiger partial charge in [0.1, 0.15) is 0 Å². The van der Waals surface area contributed by atoms with E-state index in [-0.39, 0.29) is 11.1 Å². The van der Waals surface area contributed by atoms with Crippen LogP contribution in [0.4, 0.5) is 0 Å². The second-order valence-corrected chi connectivity index (χ2v) is 9.16. The van der Waals surface area contributed by atoms with Crippen LogP contribution in [0.2, 0.25) is 0 Å². The normalized spacial score (nSPS) is 22.5. The lowest BCUT2D eigenvalue weighted by molar-refractivity contribution is -0.131. The van der Waals surface area contributed by atoms with E-state index in [1.54, 1.807) is 0 Å². The van der Waals surface area contributed by atoms with Crippen LogP contribution in [-0.2, 0) is 9.53 Å². The summed E-state index contributed by atoms with van der Waals surface area (Å²) in [4.78, 5) is 19.9. The van der Waals surface area contributed by atoms with Crippen molar-refractivity contribution in [3.8, 4) is 0 Å². The molecular formula is C20H39N3O2. The molecule has 2 heterocycles. The van der Waals surface area contributed by atoms with Gasteiger partial charge in [-0.3, -0.25) is 14.6 Å². The molecule has 2 fully saturated rings. The predicted octanol–water partition coefficient (Wildman–Crippen LogP) is 2.60. The molecule has 0 radical (unpaired) electrons. The van der Waals surface area contributed by atoms with Crippen molar-refractivity contribution < 1.29 is 9.53 Å². The zero-order chi connectivity index (χ0) is 18.5. The van der Waals surface area contributed by atoms with Gasteiger partial charge in [0.25, 0.3) is 0 Å². The van der Waals surface area contributed by atoms with Crippen LogP contribution in [-0.4, -0.2) is 84.2 Å². The lowest BCUT2D eigenvalue weighted by Crippen LogP contribution is -2.46. The fourth-order valence-corrected chi connectivity index (χ4v) is 3.92. The van der Waals surface area contributed by atoms with Crippen LogP contribution in [0, 0.1) is 0 Å². The SMILES string of the molecule is CC(C)(C)N1CCCN(C(=O)CCC(C)(C)N2CCCOCC2)CC1. The summed E-state index contributed by atoms with van der Waals surface area (Å²) in [6.45, 7) is 18.9. The molecule has 0 unspecified atom stereocenters. The van der Waals surface area contributed by atoms with E-state index in [1.807, 2.05) is 0 Å². The molecule has 0 aromatic carbocycles. The Labute approximate surface area is 154 Å². The minimum atomic E-state index is 0.0622. The van der Waals surface area contributed by atoms with E-state index >= 15 is 0 Å².